The maximum Gasteiger partial charge on any atom is 0.337 e. The summed E-state index contributed by atoms with van der Waals surface area (Å²) in [6.45, 7) is 0. The minimum atomic E-state index is -4.07. The van der Waals surface area contributed by atoms with Crippen LogP contribution in [0.25, 0.3) is 0 Å². The van der Waals surface area contributed by atoms with E-state index in [1.165, 1.54) is 59.9 Å². The molecule has 180 valence electrons. The number of halogens is 1. The van der Waals surface area contributed by atoms with Gasteiger partial charge < -0.3 is 4.74 Å². The standard InChI is InChI=1S/C24H25ClN2O6S/c1-33-24(30)16-7-11-18(12-8-16)26-22(28)15-21(23(26)29)27(19-5-3-2-4-6-19)34(31,32)20-13-9-17(25)10-14-20/h7-14,19,21H,2-6,15H2,1H3. The van der Waals surface area contributed by atoms with E-state index in [0.29, 0.717) is 17.9 Å². The predicted molar refractivity (Wildman–Crippen MR) is 126 cm³/mol. The summed E-state index contributed by atoms with van der Waals surface area (Å²) in [6.07, 6.45) is 3.70. The van der Waals surface area contributed by atoms with Crippen LogP contribution in [0.4, 0.5) is 5.69 Å². The minimum absolute atomic E-state index is 0.0311. The van der Waals surface area contributed by atoms with E-state index in [-0.39, 0.29) is 28.6 Å². The zero-order valence-electron chi connectivity index (χ0n) is 18.6. The quantitative estimate of drug-likeness (QED) is 0.438. The molecule has 1 atom stereocenters. The van der Waals surface area contributed by atoms with E-state index in [4.69, 9.17) is 11.6 Å². The van der Waals surface area contributed by atoms with Crippen molar-refractivity contribution in [3.05, 3.63) is 59.1 Å². The molecule has 1 saturated carbocycles. The van der Waals surface area contributed by atoms with E-state index >= 15 is 0 Å². The van der Waals surface area contributed by atoms with Gasteiger partial charge in [-0.3, -0.25) is 9.59 Å². The Morgan fingerprint density at radius 2 is 1.62 bits per heavy atom. The van der Waals surface area contributed by atoms with E-state index in [1.54, 1.807) is 0 Å². The van der Waals surface area contributed by atoms with Gasteiger partial charge in [0.15, 0.2) is 0 Å². The molecule has 1 saturated heterocycles. The fourth-order valence-electron chi connectivity index (χ4n) is 4.63. The van der Waals surface area contributed by atoms with Gasteiger partial charge in [0.05, 0.1) is 29.7 Å². The number of rotatable bonds is 6. The Morgan fingerprint density at radius 3 is 2.21 bits per heavy atom. The number of amides is 2. The number of nitrogens with zero attached hydrogens (tertiary/aromatic N) is 2. The van der Waals surface area contributed by atoms with Crippen molar-refractivity contribution in [2.75, 3.05) is 12.0 Å². The van der Waals surface area contributed by atoms with E-state index in [0.717, 1.165) is 24.2 Å². The number of methoxy groups -OCH3 is 1. The van der Waals surface area contributed by atoms with Crippen LogP contribution in [0.15, 0.2) is 53.4 Å². The maximum atomic E-state index is 13.7. The number of hydrogen-bond acceptors (Lipinski definition) is 6. The third-order valence-corrected chi connectivity index (χ3v) is 8.53. The van der Waals surface area contributed by atoms with Crippen molar-refractivity contribution >= 4 is 45.1 Å². The highest BCUT2D eigenvalue weighted by molar-refractivity contribution is 7.89. The van der Waals surface area contributed by atoms with Gasteiger partial charge in [0.1, 0.15) is 6.04 Å². The lowest BCUT2D eigenvalue weighted by Crippen LogP contribution is -2.51. The number of ether oxygens (including phenoxy) is 1. The number of carbonyl (C=O) groups excluding carboxylic acids is 3. The summed E-state index contributed by atoms with van der Waals surface area (Å²) in [6, 6.07) is 10.2. The number of imide groups is 1. The van der Waals surface area contributed by atoms with Crippen LogP contribution in [0.3, 0.4) is 0 Å². The Balaban J connectivity index is 1.69. The normalized spacial score (nSPS) is 19.6. The second-order valence-electron chi connectivity index (χ2n) is 8.41. The fourth-order valence-corrected chi connectivity index (χ4v) is 6.58. The Bertz CT molecular complexity index is 1190. The molecule has 2 fully saturated rings. The number of esters is 1. The summed E-state index contributed by atoms with van der Waals surface area (Å²) < 4.78 is 33.4. The van der Waals surface area contributed by atoms with Gasteiger partial charge in [-0.1, -0.05) is 30.9 Å². The Labute approximate surface area is 203 Å². The van der Waals surface area contributed by atoms with Gasteiger partial charge in [-0.25, -0.2) is 18.1 Å². The minimum Gasteiger partial charge on any atom is -0.465 e. The van der Waals surface area contributed by atoms with Gasteiger partial charge in [-0.2, -0.15) is 4.31 Å². The second kappa shape index (κ2) is 9.85. The molecule has 2 aliphatic rings. The Morgan fingerprint density at radius 1 is 1.00 bits per heavy atom. The molecule has 0 bridgehead atoms. The van der Waals surface area contributed by atoms with Gasteiger partial charge in [0.2, 0.25) is 15.9 Å². The summed E-state index contributed by atoms with van der Waals surface area (Å²) in [4.78, 5) is 39.2. The lowest BCUT2D eigenvalue weighted by molar-refractivity contribution is -0.122. The Hall–Kier alpha value is -2.75. The monoisotopic (exact) mass is 504 g/mol. The van der Waals surface area contributed by atoms with Crippen molar-refractivity contribution in [2.45, 2.75) is 55.5 Å². The van der Waals surface area contributed by atoms with Crippen molar-refractivity contribution < 1.29 is 27.5 Å². The average molecular weight is 505 g/mol. The topological polar surface area (TPSA) is 101 Å². The van der Waals surface area contributed by atoms with Crippen LogP contribution in [0.1, 0.15) is 48.9 Å². The molecule has 1 aliphatic carbocycles. The number of sulfonamides is 1. The van der Waals surface area contributed by atoms with E-state index in [2.05, 4.69) is 4.74 Å². The molecule has 2 amide bonds. The molecular formula is C24H25ClN2O6S. The first-order valence-electron chi connectivity index (χ1n) is 11.1. The highest BCUT2D eigenvalue weighted by Gasteiger charge is 2.49. The third-order valence-electron chi connectivity index (χ3n) is 6.30. The largest absolute Gasteiger partial charge is 0.465 e. The van der Waals surface area contributed by atoms with E-state index < -0.39 is 33.8 Å². The molecule has 4 rings (SSSR count). The predicted octanol–water partition coefficient (Wildman–Crippen LogP) is 3.78. The molecule has 1 aliphatic heterocycles. The van der Waals surface area contributed by atoms with Crippen molar-refractivity contribution in [3.8, 4) is 0 Å². The SMILES string of the molecule is COC(=O)c1ccc(N2C(=O)CC(N(C3CCCCC3)S(=O)(=O)c3ccc(Cl)cc3)C2=O)cc1. The van der Waals surface area contributed by atoms with Crippen LogP contribution in [0, 0.1) is 0 Å². The first-order valence-corrected chi connectivity index (χ1v) is 12.9. The lowest BCUT2D eigenvalue weighted by Gasteiger charge is -2.36. The molecule has 0 aromatic heterocycles. The summed E-state index contributed by atoms with van der Waals surface area (Å²) in [5.74, 6) is -1.63. The molecule has 1 heterocycles. The smallest absolute Gasteiger partial charge is 0.337 e. The van der Waals surface area contributed by atoms with Crippen LogP contribution in [-0.4, -0.2) is 49.7 Å². The van der Waals surface area contributed by atoms with Crippen LogP contribution in [0.2, 0.25) is 5.02 Å². The van der Waals surface area contributed by atoms with Gasteiger partial charge in [-0.15, -0.1) is 0 Å². The second-order valence-corrected chi connectivity index (χ2v) is 10.7. The molecule has 10 heteroatoms. The van der Waals surface area contributed by atoms with Crippen LogP contribution in [0.5, 0.6) is 0 Å². The van der Waals surface area contributed by atoms with Crippen molar-refractivity contribution in [1.29, 1.82) is 0 Å². The van der Waals surface area contributed by atoms with E-state index in [1.807, 2.05) is 0 Å². The summed E-state index contributed by atoms with van der Waals surface area (Å²) in [5, 5.41) is 0.400. The lowest BCUT2D eigenvalue weighted by atomic mass is 9.94. The number of anilines is 1. The summed E-state index contributed by atoms with van der Waals surface area (Å²) in [5.41, 5.74) is 0.550. The first-order chi connectivity index (χ1) is 16.2. The average Bonchev–Trinajstić information content (AvgIpc) is 3.12. The van der Waals surface area contributed by atoms with Gasteiger partial charge in [-0.05, 0) is 61.4 Å². The van der Waals surface area contributed by atoms with E-state index in [9.17, 15) is 22.8 Å². The number of carbonyl (C=O) groups is 3. The van der Waals surface area contributed by atoms with Crippen LogP contribution in [-0.2, 0) is 24.3 Å². The molecule has 0 radical (unpaired) electrons. The van der Waals surface area contributed by atoms with Crippen LogP contribution >= 0.6 is 11.6 Å². The Kier molecular flexibility index (Phi) is 7.06. The van der Waals surface area contributed by atoms with Crippen molar-refractivity contribution in [3.63, 3.8) is 0 Å². The molecule has 0 N–H and O–H groups in total. The fraction of sp³-hybridized carbons (Fsp3) is 0.375. The zero-order valence-corrected chi connectivity index (χ0v) is 20.2. The highest BCUT2D eigenvalue weighted by Crippen LogP contribution is 2.35. The summed E-state index contributed by atoms with van der Waals surface area (Å²) in [7, 11) is -2.81. The molecule has 2 aromatic carbocycles. The molecule has 1 unspecified atom stereocenters. The molecular weight excluding hydrogens is 480 g/mol. The first kappa shape index (κ1) is 24.4. The van der Waals surface area contributed by atoms with Gasteiger partial charge in [0.25, 0.3) is 5.91 Å². The molecule has 2 aromatic rings. The highest BCUT2D eigenvalue weighted by atomic mass is 35.5. The van der Waals surface area contributed by atoms with Crippen molar-refractivity contribution in [1.82, 2.24) is 4.31 Å². The third kappa shape index (κ3) is 4.60. The number of hydrogen-bond donors (Lipinski definition) is 0. The van der Waals surface area contributed by atoms with Crippen LogP contribution < -0.4 is 4.90 Å². The van der Waals surface area contributed by atoms with Crippen molar-refractivity contribution in [2.24, 2.45) is 0 Å². The molecule has 8 nitrogen and oxygen atoms in total. The number of benzene rings is 2. The van der Waals surface area contributed by atoms with Gasteiger partial charge >= 0.3 is 5.97 Å². The zero-order chi connectivity index (χ0) is 24.5. The van der Waals surface area contributed by atoms with Gasteiger partial charge in [0, 0.05) is 11.1 Å². The summed E-state index contributed by atoms with van der Waals surface area (Å²) >= 11 is 5.94. The maximum absolute atomic E-state index is 13.7. The molecule has 0 spiro atoms. The molecule has 34 heavy (non-hydrogen) atoms.